The molecule has 10 aromatic rings. The summed E-state index contributed by atoms with van der Waals surface area (Å²) in [4.78, 5) is 14.1. The molecule has 2 atom stereocenters. The Morgan fingerprint density at radius 3 is 1.38 bits per heavy atom. The normalized spacial score (nSPS) is 14.3. The summed E-state index contributed by atoms with van der Waals surface area (Å²) in [6.07, 6.45) is 11.3. The molecule has 6 heterocycles. The van der Waals surface area contributed by atoms with Gasteiger partial charge in [-0.3, -0.25) is 0 Å². The van der Waals surface area contributed by atoms with Gasteiger partial charge < -0.3 is 0 Å². The summed E-state index contributed by atoms with van der Waals surface area (Å²) < 4.78 is 54.8. The van der Waals surface area contributed by atoms with Gasteiger partial charge in [-0.2, -0.15) is 17.5 Å². The number of fused-ring (bicyclic) bond motifs is 7. The maximum Gasteiger partial charge on any atom is 0.136 e. The van der Waals surface area contributed by atoms with Crippen LogP contribution in [0.5, 0.6) is 0 Å². The second kappa shape index (κ2) is 17.7. The second-order valence-electron chi connectivity index (χ2n) is 17.5. The smallest absolute Gasteiger partial charge is 0.136 e. The minimum absolute atomic E-state index is 0.283. The number of nitrogens with zero attached hydrogens (tertiary/aromatic N) is 6. The first-order valence-electron chi connectivity index (χ1n) is 22.7. The van der Waals surface area contributed by atoms with Gasteiger partial charge in [-0.25, -0.2) is 18.7 Å². The van der Waals surface area contributed by atoms with Crippen molar-refractivity contribution in [3.8, 4) is 51.8 Å². The van der Waals surface area contributed by atoms with Crippen molar-refractivity contribution in [3.63, 3.8) is 0 Å². The fourth-order valence-electron chi connectivity index (χ4n) is 10.2. The van der Waals surface area contributed by atoms with Crippen molar-refractivity contribution < 1.29 is 8.78 Å². The minimum Gasteiger partial charge on any atom is -0.236 e. The van der Waals surface area contributed by atoms with Crippen molar-refractivity contribution in [2.24, 2.45) is 11.8 Å². The molecule has 14 heteroatoms. The average molecular weight is 973 g/mol. The van der Waals surface area contributed by atoms with E-state index in [0.29, 0.717) is 55.0 Å². The molecule has 4 aromatic carbocycles. The van der Waals surface area contributed by atoms with E-state index in [1.54, 1.807) is 34.8 Å². The van der Waals surface area contributed by atoms with Gasteiger partial charge in [0.2, 0.25) is 0 Å². The van der Waals surface area contributed by atoms with E-state index < -0.39 is 0 Å². The van der Waals surface area contributed by atoms with Crippen molar-refractivity contribution in [3.05, 3.63) is 95.6 Å². The fraction of sp³-hybridized carbons (Fsp3) is 0.333. The molecule has 0 radical (unpaired) electrons. The number of aromatic nitrogens is 6. The molecular formula is C51H46F2N6S6. The molecular weight excluding hydrogens is 927 g/mol. The Balaban J connectivity index is 1.10. The van der Waals surface area contributed by atoms with Gasteiger partial charge in [-0.15, -0.1) is 45.3 Å². The van der Waals surface area contributed by atoms with Crippen LogP contribution in [0, 0.1) is 23.5 Å². The highest BCUT2D eigenvalue weighted by molar-refractivity contribution is 7.26. The Bertz CT molecular complexity index is 3080. The molecule has 65 heavy (non-hydrogen) atoms. The summed E-state index contributed by atoms with van der Waals surface area (Å²) in [6, 6.07) is 23.9. The van der Waals surface area contributed by atoms with Crippen LogP contribution in [0.15, 0.2) is 72.8 Å². The van der Waals surface area contributed by atoms with Gasteiger partial charge in [0, 0.05) is 36.1 Å². The molecule has 0 amide bonds. The third kappa shape index (κ3) is 7.38. The van der Waals surface area contributed by atoms with Crippen LogP contribution >= 0.6 is 68.8 Å². The third-order valence-corrected chi connectivity index (χ3v) is 19.3. The lowest BCUT2D eigenvalue weighted by atomic mass is 9.65. The quantitative estimate of drug-likeness (QED) is 0.0960. The molecule has 1 aliphatic rings. The van der Waals surface area contributed by atoms with E-state index in [2.05, 4.69) is 39.8 Å². The lowest BCUT2D eigenvalue weighted by Crippen LogP contribution is -2.31. The minimum atomic E-state index is -0.341. The van der Waals surface area contributed by atoms with E-state index in [4.69, 9.17) is 27.5 Å². The van der Waals surface area contributed by atoms with Crippen LogP contribution in [0.1, 0.15) is 103 Å². The molecule has 0 aliphatic heterocycles. The zero-order valence-electron chi connectivity index (χ0n) is 36.5. The highest BCUT2D eigenvalue weighted by atomic mass is 32.1. The zero-order chi connectivity index (χ0) is 44.4. The molecule has 0 bridgehead atoms. The zero-order valence-corrected chi connectivity index (χ0v) is 41.4. The van der Waals surface area contributed by atoms with Crippen LogP contribution < -0.4 is 0 Å². The SMILES string of the molecule is CCCCC(CC)CC1(CC(CC)CCCC)c2cc(-c3cc(F)c(-c4nc5ccccc5s4)c4nsnc34)sc2-c2sc(-c3cc(F)c(-c4nc5ccccc5s4)c4nsnc34)cc21. The summed E-state index contributed by atoms with van der Waals surface area (Å²) in [6.45, 7) is 9.27. The number of halogens is 2. The molecule has 1 aliphatic carbocycles. The summed E-state index contributed by atoms with van der Waals surface area (Å²) >= 11 is 8.68. The van der Waals surface area contributed by atoms with Crippen LogP contribution in [-0.2, 0) is 5.41 Å². The van der Waals surface area contributed by atoms with Crippen LogP contribution in [0.4, 0.5) is 8.78 Å². The van der Waals surface area contributed by atoms with Crippen molar-refractivity contribution in [1.29, 1.82) is 0 Å². The molecule has 0 saturated heterocycles. The molecule has 6 aromatic heterocycles. The third-order valence-electron chi connectivity index (χ3n) is 13.6. The number of para-hydroxylation sites is 2. The number of thiophene rings is 2. The molecule has 0 saturated carbocycles. The van der Waals surface area contributed by atoms with Crippen LogP contribution in [0.3, 0.4) is 0 Å². The van der Waals surface area contributed by atoms with Crippen molar-refractivity contribution in [2.45, 2.75) is 97.3 Å². The second-order valence-corrected chi connectivity index (χ2v) is 22.7. The van der Waals surface area contributed by atoms with E-state index in [1.807, 2.05) is 48.5 Å². The number of hydrogen-bond acceptors (Lipinski definition) is 12. The van der Waals surface area contributed by atoms with Gasteiger partial charge >= 0.3 is 0 Å². The number of rotatable bonds is 16. The lowest BCUT2D eigenvalue weighted by molar-refractivity contribution is 0.266. The van der Waals surface area contributed by atoms with Gasteiger partial charge in [0.05, 0.1) is 55.0 Å². The average Bonchev–Trinajstić information content (AvgIpc) is 4.18. The van der Waals surface area contributed by atoms with Gasteiger partial charge in [-0.1, -0.05) is 103 Å². The lowest BCUT2D eigenvalue weighted by Gasteiger charge is -2.37. The van der Waals surface area contributed by atoms with Gasteiger partial charge in [0.15, 0.2) is 0 Å². The van der Waals surface area contributed by atoms with Gasteiger partial charge in [0.1, 0.15) is 43.7 Å². The van der Waals surface area contributed by atoms with Crippen molar-refractivity contribution in [1.82, 2.24) is 27.5 Å². The topological polar surface area (TPSA) is 77.3 Å². The van der Waals surface area contributed by atoms with Gasteiger partial charge in [0.25, 0.3) is 0 Å². The van der Waals surface area contributed by atoms with Crippen LogP contribution in [0.25, 0.3) is 94.3 Å². The first-order chi connectivity index (χ1) is 31.8. The summed E-state index contributed by atoms with van der Waals surface area (Å²) in [7, 11) is 0. The molecule has 11 rings (SSSR count). The molecule has 330 valence electrons. The Hall–Kier alpha value is -4.44. The molecule has 0 N–H and O–H groups in total. The highest BCUT2D eigenvalue weighted by Gasteiger charge is 2.48. The van der Waals surface area contributed by atoms with Crippen molar-refractivity contribution in [2.75, 3.05) is 0 Å². The maximum atomic E-state index is 16.8. The Morgan fingerprint density at radius 1 is 0.538 bits per heavy atom. The number of unbranched alkanes of at least 4 members (excludes halogenated alkanes) is 2. The predicted octanol–water partition coefficient (Wildman–Crippen LogP) is 17.5. The number of hydrogen-bond donors (Lipinski definition) is 0. The standard InChI is InChI=1S/C51H46F2N6S6/c1-5-9-15-27(7-3)25-51(26-28(8-4)16-10-6-2)31-23-39(29-21-33(52)41(45-43(29)56-64-58-45)49-54-35-17-11-13-19-37(35)62-49)60-47(31)48-32(51)24-40(61-48)30-22-34(53)42(46-44(30)57-65-59-46)50-55-36-18-12-14-20-38(36)63-50/h11-14,17-24,27-28H,5-10,15-16,25-26H2,1-4H3. The fourth-order valence-corrected chi connectivity index (χ4v) is 16.1. The molecule has 6 nitrogen and oxygen atoms in total. The molecule has 2 unspecified atom stereocenters. The first-order valence-corrected chi connectivity index (χ1v) is 27.5. The number of thiazole rings is 2. The predicted molar refractivity (Wildman–Crippen MR) is 274 cm³/mol. The molecule has 0 fully saturated rings. The summed E-state index contributed by atoms with van der Waals surface area (Å²) in [5.74, 6) is 0.353. The number of benzene rings is 4. The van der Waals surface area contributed by atoms with E-state index in [1.165, 1.54) is 69.2 Å². The van der Waals surface area contributed by atoms with Crippen LogP contribution in [0.2, 0.25) is 0 Å². The Morgan fingerprint density at radius 2 is 0.969 bits per heavy atom. The largest absolute Gasteiger partial charge is 0.236 e. The maximum absolute atomic E-state index is 16.8. The summed E-state index contributed by atoms with van der Waals surface area (Å²) in [5.41, 5.74) is 8.97. The van der Waals surface area contributed by atoms with E-state index in [0.717, 1.165) is 103 Å². The highest BCUT2D eigenvalue weighted by Crippen LogP contribution is 2.63. The van der Waals surface area contributed by atoms with Crippen molar-refractivity contribution >= 4 is 111 Å². The monoisotopic (exact) mass is 972 g/mol. The van der Waals surface area contributed by atoms with E-state index in [-0.39, 0.29) is 17.0 Å². The Kier molecular flexibility index (Phi) is 11.7. The van der Waals surface area contributed by atoms with Gasteiger partial charge in [-0.05, 0) is 84.3 Å². The van der Waals surface area contributed by atoms with Crippen LogP contribution in [-0.4, -0.2) is 27.5 Å². The Labute approximate surface area is 401 Å². The van der Waals surface area contributed by atoms with E-state index in [9.17, 15) is 0 Å². The molecule has 0 spiro atoms. The first kappa shape index (κ1) is 43.1. The summed E-state index contributed by atoms with van der Waals surface area (Å²) in [5, 5.41) is 1.22. The van der Waals surface area contributed by atoms with E-state index >= 15 is 8.78 Å².